The number of nitrogens with zero attached hydrogens (tertiary/aromatic N) is 3. The van der Waals surface area contributed by atoms with Crippen molar-refractivity contribution >= 4 is 21.6 Å². The average molecular weight is 353 g/mol. The van der Waals surface area contributed by atoms with Crippen LogP contribution >= 0.6 is 11.3 Å². The Labute approximate surface area is 151 Å². The second-order valence-electron chi connectivity index (χ2n) is 6.79. The Balaban J connectivity index is 1.84. The number of thiophene rings is 1. The van der Waals surface area contributed by atoms with Gasteiger partial charge in [0.05, 0.1) is 5.39 Å². The summed E-state index contributed by atoms with van der Waals surface area (Å²) in [4.78, 5) is 22.4. The van der Waals surface area contributed by atoms with Crippen molar-refractivity contribution in [2.24, 2.45) is 0 Å². The normalized spacial score (nSPS) is 16.6. The zero-order valence-corrected chi connectivity index (χ0v) is 15.6. The van der Waals surface area contributed by atoms with Gasteiger partial charge in [-0.1, -0.05) is 37.3 Å². The van der Waals surface area contributed by atoms with Crippen molar-refractivity contribution in [3.8, 4) is 10.4 Å². The van der Waals surface area contributed by atoms with E-state index in [1.807, 2.05) is 28.8 Å². The number of benzene rings is 1. The molecule has 1 saturated heterocycles. The maximum atomic E-state index is 13.2. The minimum Gasteiger partial charge on any atom is -0.306 e. The van der Waals surface area contributed by atoms with Crippen LogP contribution in [0.15, 0.2) is 41.2 Å². The molecule has 3 heterocycles. The highest BCUT2D eigenvalue weighted by molar-refractivity contribution is 7.21. The number of piperidine rings is 1. The third-order valence-electron chi connectivity index (χ3n) is 5.10. The molecule has 0 bridgehead atoms. The number of rotatable bonds is 3. The van der Waals surface area contributed by atoms with Crippen LogP contribution in [0, 0.1) is 0 Å². The monoisotopic (exact) mass is 353 g/mol. The summed E-state index contributed by atoms with van der Waals surface area (Å²) in [6.45, 7) is 4.17. The van der Waals surface area contributed by atoms with Gasteiger partial charge < -0.3 is 4.90 Å². The van der Waals surface area contributed by atoms with Crippen LogP contribution in [0.2, 0.25) is 0 Å². The lowest BCUT2D eigenvalue weighted by Crippen LogP contribution is -2.37. The summed E-state index contributed by atoms with van der Waals surface area (Å²) in [7, 11) is 2.15. The molecule has 0 unspecified atom stereocenters. The van der Waals surface area contributed by atoms with E-state index in [4.69, 9.17) is 4.98 Å². The Kier molecular flexibility index (Phi) is 4.44. The fourth-order valence-corrected chi connectivity index (χ4v) is 4.71. The summed E-state index contributed by atoms with van der Waals surface area (Å²) in [5, 5.41) is 0.764. The molecular weight excluding hydrogens is 330 g/mol. The van der Waals surface area contributed by atoms with Crippen LogP contribution in [0.3, 0.4) is 0 Å². The summed E-state index contributed by atoms with van der Waals surface area (Å²) in [5.41, 5.74) is 1.28. The van der Waals surface area contributed by atoms with Gasteiger partial charge in [-0.2, -0.15) is 0 Å². The Hall–Kier alpha value is -1.98. The molecule has 1 aromatic carbocycles. The molecule has 5 heteroatoms. The molecule has 4 rings (SSSR count). The topological polar surface area (TPSA) is 38.1 Å². The SMILES string of the molecule is CCc1nc2sc(-c3ccccc3)cc2c(=O)n1C1CCN(C)CC1. The number of hydrogen-bond donors (Lipinski definition) is 0. The first kappa shape index (κ1) is 16.5. The minimum atomic E-state index is 0.134. The van der Waals surface area contributed by atoms with Crippen LogP contribution in [0.25, 0.3) is 20.7 Å². The van der Waals surface area contributed by atoms with Gasteiger partial charge in [0.2, 0.25) is 0 Å². The minimum absolute atomic E-state index is 0.134. The van der Waals surface area contributed by atoms with Crippen molar-refractivity contribution in [2.75, 3.05) is 20.1 Å². The van der Waals surface area contributed by atoms with E-state index in [9.17, 15) is 4.79 Å². The van der Waals surface area contributed by atoms with Gasteiger partial charge in [-0.3, -0.25) is 9.36 Å². The molecule has 1 fully saturated rings. The molecule has 3 aromatic rings. The lowest BCUT2D eigenvalue weighted by atomic mass is 10.0. The lowest BCUT2D eigenvalue weighted by molar-refractivity contribution is 0.216. The Morgan fingerprint density at radius 1 is 1.20 bits per heavy atom. The van der Waals surface area contributed by atoms with Crippen molar-refractivity contribution in [1.29, 1.82) is 0 Å². The van der Waals surface area contributed by atoms with E-state index in [0.29, 0.717) is 0 Å². The lowest BCUT2D eigenvalue weighted by Gasteiger charge is -2.31. The molecule has 1 aliphatic heterocycles. The molecule has 1 aliphatic rings. The number of fused-ring (bicyclic) bond motifs is 1. The maximum Gasteiger partial charge on any atom is 0.262 e. The van der Waals surface area contributed by atoms with Crippen molar-refractivity contribution in [1.82, 2.24) is 14.5 Å². The van der Waals surface area contributed by atoms with E-state index in [-0.39, 0.29) is 11.6 Å². The molecule has 0 N–H and O–H groups in total. The van der Waals surface area contributed by atoms with Crippen LogP contribution in [-0.2, 0) is 6.42 Å². The average Bonchev–Trinajstić information content (AvgIpc) is 3.08. The van der Waals surface area contributed by atoms with Gasteiger partial charge in [-0.05, 0) is 44.6 Å². The van der Waals surface area contributed by atoms with E-state index >= 15 is 0 Å². The second kappa shape index (κ2) is 6.73. The number of likely N-dealkylation sites (tertiary alicyclic amines) is 1. The van der Waals surface area contributed by atoms with E-state index in [2.05, 4.69) is 31.0 Å². The van der Waals surface area contributed by atoms with E-state index in [0.717, 1.165) is 58.8 Å². The molecule has 4 nitrogen and oxygen atoms in total. The zero-order valence-electron chi connectivity index (χ0n) is 14.7. The quantitative estimate of drug-likeness (QED) is 0.715. The molecule has 0 spiro atoms. The second-order valence-corrected chi connectivity index (χ2v) is 7.82. The highest BCUT2D eigenvalue weighted by atomic mass is 32.1. The van der Waals surface area contributed by atoms with Crippen LogP contribution in [0.4, 0.5) is 0 Å². The van der Waals surface area contributed by atoms with Crippen molar-refractivity contribution in [2.45, 2.75) is 32.2 Å². The van der Waals surface area contributed by atoms with Gasteiger partial charge in [0, 0.05) is 17.3 Å². The number of aryl methyl sites for hydroxylation is 1. The fourth-order valence-electron chi connectivity index (χ4n) is 3.66. The Morgan fingerprint density at radius 2 is 1.92 bits per heavy atom. The highest BCUT2D eigenvalue weighted by Gasteiger charge is 2.23. The predicted molar refractivity (Wildman–Crippen MR) is 104 cm³/mol. The fraction of sp³-hybridized carbons (Fsp3) is 0.400. The highest BCUT2D eigenvalue weighted by Crippen LogP contribution is 2.32. The van der Waals surface area contributed by atoms with Crippen LogP contribution in [0.5, 0.6) is 0 Å². The van der Waals surface area contributed by atoms with Crippen molar-refractivity contribution in [3.63, 3.8) is 0 Å². The van der Waals surface area contributed by atoms with Crippen LogP contribution in [-0.4, -0.2) is 34.6 Å². The van der Waals surface area contributed by atoms with Gasteiger partial charge in [-0.25, -0.2) is 4.98 Å². The molecule has 2 aromatic heterocycles. The summed E-state index contributed by atoms with van der Waals surface area (Å²) >= 11 is 1.62. The van der Waals surface area contributed by atoms with E-state index < -0.39 is 0 Å². The maximum absolute atomic E-state index is 13.2. The van der Waals surface area contributed by atoms with Gasteiger partial charge in [0.25, 0.3) is 5.56 Å². The molecule has 130 valence electrons. The number of aromatic nitrogens is 2. The summed E-state index contributed by atoms with van der Waals surface area (Å²) < 4.78 is 1.98. The van der Waals surface area contributed by atoms with Gasteiger partial charge in [0.1, 0.15) is 10.7 Å². The van der Waals surface area contributed by atoms with Gasteiger partial charge in [0.15, 0.2) is 0 Å². The predicted octanol–water partition coefficient (Wildman–Crippen LogP) is 3.95. The third-order valence-corrected chi connectivity index (χ3v) is 6.18. The van der Waals surface area contributed by atoms with Gasteiger partial charge >= 0.3 is 0 Å². The smallest absolute Gasteiger partial charge is 0.262 e. The first-order valence-electron chi connectivity index (χ1n) is 8.96. The largest absolute Gasteiger partial charge is 0.306 e. The molecular formula is C20H23N3OS. The van der Waals surface area contributed by atoms with E-state index in [1.54, 1.807) is 11.3 Å². The molecule has 25 heavy (non-hydrogen) atoms. The first-order chi connectivity index (χ1) is 12.2. The summed E-state index contributed by atoms with van der Waals surface area (Å²) in [6, 6.07) is 12.5. The van der Waals surface area contributed by atoms with Crippen LogP contribution in [0.1, 0.15) is 31.6 Å². The third kappa shape index (κ3) is 3.02. The van der Waals surface area contributed by atoms with Gasteiger partial charge in [-0.15, -0.1) is 11.3 Å². The molecule has 0 amide bonds. The number of hydrogen-bond acceptors (Lipinski definition) is 4. The van der Waals surface area contributed by atoms with Crippen LogP contribution < -0.4 is 5.56 Å². The first-order valence-corrected chi connectivity index (χ1v) is 9.78. The Bertz CT molecular complexity index is 937. The molecule has 0 atom stereocenters. The van der Waals surface area contributed by atoms with E-state index in [1.165, 1.54) is 0 Å². The van der Waals surface area contributed by atoms with Crippen molar-refractivity contribution < 1.29 is 0 Å². The summed E-state index contributed by atoms with van der Waals surface area (Å²) in [6.07, 6.45) is 2.83. The molecule has 0 radical (unpaired) electrons. The van der Waals surface area contributed by atoms with Crippen molar-refractivity contribution in [3.05, 3.63) is 52.6 Å². The summed E-state index contributed by atoms with van der Waals surface area (Å²) in [5.74, 6) is 0.925. The molecule has 0 saturated carbocycles. The standard InChI is InChI=1S/C20H23N3OS/c1-3-18-21-19-16(13-17(25-19)14-7-5-4-6-8-14)20(24)23(18)15-9-11-22(2)12-10-15/h4-8,13,15H,3,9-12H2,1-2H3. The zero-order chi connectivity index (χ0) is 17.4. The Morgan fingerprint density at radius 3 is 2.60 bits per heavy atom. The molecule has 0 aliphatic carbocycles.